The van der Waals surface area contributed by atoms with Crippen molar-refractivity contribution in [2.24, 2.45) is 0 Å². The van der Waals surface area contributed by atoms with Crippen LogP contribution >= 0.6 is 0 Å². The van der Waals surface area contributed by atoms with Gasteiger partial charge in [-0.3, -0.25) is 23.5 Å². The van der Waals surface area contributed by atoms with Crippen LogP contribution in [0.2, 0.25) is 0 Å². The predicted molar refractivity (Wildman–Crippen MR) is 29.6 cm³/mol. The third-order valence-corrected chi connectivity index (χ3v) is 0. The Hall–Kier alpha value is 1.82. The summed E-state index contributed by atoms with van der Waals surface area (Å²) >= 11 is 0. The van der Waals surface area contributed by atoms with Gasteiger partial charge in [0.2, 0.25) is 0 Å². The van der Waals surface area contributed by atoms with Gasteiger partial charge in [-0.05, 0) is 0 Å². The van der Waals surface area contributed by atoms with Crippen LogP contribution in [0.15, 0.2) is 0 Å². The molecule has 0 aromatic heterocycles. The van der Waals surface area contributed by atoms with E-state index in [1.807, 2.05) is 0 Å². The van der Waals surface area contributed by atoms with Crippen molar-refractivity contribution >= 4 is 68.7 Å². The standard InChI is InChI=1S/Al.5FH.K.4H/h;5*1H;;;;;. The Morgan fingerprint density at radius 3 is 0.429 bits per heavy atom. The average molecular weight is 170 g/mol. The number of hydrogen-bond donors (Lipinski definition) is 0. The zero-order chi connectivity index (χ0) is 0. The van der Waals surface area contributed by atoms with Gasteiger partial charge in [-0.1, -0.05) is 0 Å². The van der Waals surface area contributed by atoms with Gasteiger partial charge in [0.25, 0.3) is 0 Å². The van der Waals surface area contributed by atoms with Crippen molar-refractivity contribution in [3.05, 3.63) is 0 Å². The van der Waals surface area contributed by atoms with Gasteiger partial charge in [0, 0.05) is 0 Å². The maximum absolute atomic E-state index is 0. The zero-order valence-corrected chi connectivity index (χ0v) is 2.04. The fraction of sp³-hybridized carbons (Fsp3) is 0. The van der Waals surface area contributed by atoms with Crippen LogP contribution in [0.4, 0.5) is 23.5 Å². The summed E-state index contributed by atoms with van der Waals surface area (Å²) < 4.78 is 0. The molecule has 0 saturated heterocycles. The van der Waals surface area contributed by atoms with E-state index in [0.717, 1.165) is 0 Å². The number of hydrogen-bond acceptors (Lipinski definition) is 0. The maximum atomic E-state index is 0. The van der Waals surface area contributed by atoms with E-state index in [4.69, 9.17) is 0 Å². The van der Waals surface area contributed by atoms with Crippen LogP contribution < -0.4 is 0 Å². The molecule has 0 fully saturated rings. The molecule has 0 saturated carbocycles. The van der Waals surface area contributed by atoms with Crippen molar-refractivity contribution in [3.8, 4) is 0 Å². The summed E-state index contributed by atoms with van der Waals surface area (Å²) in [6.07, 6.45) is 0. The molecular weight excluding hydrogens is 161 g/mol. The van der Waals surface area contributed by atoms with E-state index >= 15 is 0 Å². The van der Waals surface area contributed by atoms with Gasteiger partial charge in [-0.15, -0.1) is 0 Å². The van der Waals surface area contributed by atoms with E-state index < -0.39 is 0 Å². The van der Waals surface area contributed by atoms with Gasteiger partial charge >= 0.3 is 51.4 Å². The Balaban J connectivity index is 0. The molecule has 0 rings (SSSR count). The van der Waals surface area contributed by atoms with Gasteiger partial charge in [-0.25, -0.2) is 0 Å². The van der Waals surface area contributed by atoms with Gasteiger partial charge < -0.3 is 0 Å². The molecule has 0 unspecified atom stereocenters. The first-order valence-corrected chi connectivity index (χ1v) is 0. The second-order valence-corrected chi connectivity index (χ2v) is 0. The quantitative estimate of drug-likeness (QED) is 0.321. The van der Waals surface area contributed by atoms with Crippen LogP contribution in [0, 0.1) is 0 Å². The Bertz CT molecular complexity index is 8.04. The fourth-order valence-electron chi connectivity index (χ4n) is 0. The van der Waals surface area contributed by atoms with E-state index in [2.05, 4.69) is 0 Å². The first kappa shape index (κ1) is 163. The second-order valence-electron chi connectivity index (χ2n) is 0. The second kappa shape index (κ2) is 110. The Morgan fingerprint density at radius 1 is 0.429 bits per heavy atom. The van der Waals surface area contributed by atoms with E-state index in [9.17, 15) is 0 Å². The molecular formula is H9AlF5K. The third-order valence-electron chi connectivity index (χ3n) is 0. The monoisotopic (exact) mass is 170 g/mol. The Morgan fingerprint density at radius 2 is 0.429 bits per heavy atom. The van der Waals surface area contributed by atoms with Crippen molar-refractivity contribution in [2.45, 2.75) is 0 Å². The molecule has 0 aliphatic carbocycles. The summed E-state index contributed by atoms with van der Waals surface area (Å²) in [6.45, 7) is 0. The molecule has 0 aliphatic rings. The van der Waals surface area contributed by atoms with Crippen LogP contribution in [-0.4, -0.2) is 68.7 Å². The molecule has 0 atom stereocenters. The third kappa shape index (κ3) is 80.0. The molecule has 7 heavy (non-hydrogen) atoms. The van der Waals surface area contributed by atoms with Crippen molar-refractivity contribution < 1.29 is 23.5 Å². The van der Waals surface area contributed by atoms with Gasteiger partial charge in [0.05, 0.1) is 0 Å². The molecule has 0 aromatic carbocycles. The van der Waals surface area contributed by atoms with Crippen molar-refractivity contribution in [3.63, 3.8) is 0 Å². The van der Waals surface area contributed by atoms with E-state index in [-0.39, 0.29) is 92.3 Å². The van der Waals surface area contributed by atoms with E-state index in [0.29, 0.717) is 0 Å². The summed E-state index contributed by atoms with van der Waals surface area (Å²) in [5, 5.41) is 0. The summed E-state index contributed by atoms with van der Waals surface area (Å²) in [7, 11) is 0. The van der Waals surface area contributed by atoms with Crippen LogP contribution in [0.3, 0.4) is 0 Å². The number of rotatable bonds is 0. The summed E-state index contributed by atoms with van der Waals surface area (Å²) in [4.78, 5) is 0. The average Bonchev–Trinajstić information content (AvgIpc) is 0. The van der Waals surface area contributed by atoms with Gasteiger partial charge in [0.15, 0.2) is 17.4 Å². The summed E-state index contributed by atoms with van der Waals surface area (Å²) in [5.41, 5.74) is 0. The van der Waals surface area contributed by atoms with Crippen LogP contribution in [0.1, 0.15) is 0 Å². The minimum atomic E-state index is 0. The number of halogens is 5. The molecule has 0 bridgehead atoms. The normalized spacial score (nSPS) is 0. The topological polar surface area (TPSA) is 0 Å². The molecule has 0 heterocycles. The molecule has 0 spiro atoms. The van der Waals surface area contributed by atoms with Crippen LogP contribution in [0.5, 0.6) is 0 Å². The van der Waals surface area contributed by atoms with Crippen LogP contribution in [0.25, 0.3) is 0 Å². The minimum absolute atomic E-state index is 0. The SMILES string of the molecule is F.F.F.F.F.[AlH3].[KH]. The first-order chi connectivity index (χ1) is 0. The summed E-state index contributed by atoms with van der Waals surface area (Å²) in [5.74, 6) is 0. The Labute approximate surface area is 90.8 Å². The predicted octanol–water partition coefficient (Wildman–Crippen LogP) is -1.07. The molecule has 0 radical (unpaired) electrons. The van der Waals surface area contributed by atoms with Crippen LogP contribution in [-0.2, 0) is 0 Å². The van der Waals surface area contributed by atoms with Gasteiger partial charge in [-0.2, -0.15) is 0 Å². The molecule has 0 aromatic rings. The van der Waals surface area contributed by atoms with E-state index in [1.54, 1.807) is 0 Å². The van der Waals surface area contributed by atoms with Crippen molar-refractivity contribution in [1.29, 1.82) is 0 Å². The van der Waals surface area contributed by atoms with Crippen molar-refractivity contribution in [1.82, 2.24) is 0 Å². The fourth-order valence-corrected chi connectivity index (χ4v) is 0. The molecule has 0 N–H and O–H groups in total. The molecule has 7 heteroatoms. The molecule has 0 nitrogen and oxygen atoms in total. The van der Waals surface area contributed by atoms with Crippen molar-refractivity contribution in [2.75, 3.05) is 0 Å². The molecule has 0 aliphatic heterocycles. The Kier molecular flexibility index (Phi) is 2560. The van der Waals surface area contributed by atoms with Gasteiger partial charge in [0.1, 0.15) is 0 Å². The molecule has 48 valence electrons. The molecule has 0 amide bonds. The summed E-state index contributed by atoms with van der Waals surface area (Å²) in [6, 6.07) is 0. The first-order valence-electron chi connectivity index (χ1n) is 0. The van der Waals surface area contributed by atoms with E-state index in [1.165, 1.54) is 0 Å². The zero-order valence-electron chi connectivity index (χ0n) is 2.04.